The van der Waals surface area contributed by atoms with E-state index in [9.17, 15) is 13.2 Å². The second-order valence-corrected chi connectivity index (χ2v) is 7.21. The summed E-state index contributed by atoms with van der Waals surface area (Å²) < 4.78 is 25.2. The Morgan fingerprint density at radius 1 is 1.33 bits per heavy atom. The van der Waals surface area contributed by atoms with Gasteiger partial charge in [0.1, 0.15) is 0 Å². The van der Waals surface area contributed by atoms with Gasteiger partial charge in [-0.3, -0.25) is 4.79 Å². The Morgan fingerprint density at radius 2 is 2.00 bits per heavy atom. The van der Waals surface area contributed by atoms with E-state index in [-0.39, 0.29) is 23.4 Å². The molecule has 1 amide bonds. The van der Waals surface area contributed by atoms with Crippen LogP contribution in [0.4, 0.5) is 5.69 Å². The standard InChI is InChI=1S/C14H23N3O3S/c1-5-11(2)15-10-14(18)16-12-7-6-8-13(9-12)21(19,20)17(3)4/h6-9,11,15H,5,10H2,1-4H3,(H,16,18). The Hall–Kier alpha value is -1.44. The van der Waals surface area contributed by atoms with Gasteiger partial charge in [-0.2, -0.15) is 0 Å². The molecular formula is C14H23N3O3S. The van der Waals surface area contributed by atoms with Crippen molar-refractivity contribution in [3.8, 4) is 0 Å². The molecule has 1 unspecified atom stereocenters. The Labute approximate surface area is 126 Å². The van der Waals surface area contributed by atoms with E-state index in [2.05, 4.69) is 10.6 Å². The van der Waals surface area contributed by atoms with Crippen molar-refractivity contribution in [1.82, 2.24) is 9.62 Å². The molecule has 118 valence electrons. The summed E-state index contributed by atoms with van der Waals surface area (Å²) in [6.45, 7) is 4.22. The summed E-state index contributed by atoms with van der Waals surface area (Å²) in [6, 6.07) is 6.49. The molecule has 0 bridgehead atoms. The number of benzene rings is 1. The lowest BCUT2D eigenvalue weighted by Crippen LogP contribution is -2.34. The number of amides is 1. The summed E-state index contributed by atoms with van der Waals surface area (Å²) in [5, 5.41) is 5.77. The first-order chi connectivity index (χ1) is 9.77. The van der Waals surface area contributed by atoms with E-state index in [1.807, 2.05) is 13.8 Å². The van der Waals surface area contributed by atoms with E-state index < -0.39 is 10.0 Å². The number of carbonyl (C=O) groups is 1. The van der Waals surface area contributed by atoms with Gasteiger partial charge in [-0.25, -0.2) is 12.7 Å². The second kappa shape index (κ2) is 7.53. The summed E-state index contributed by atoms with van der Waals surface area (Å²) >= 11 is 0. The highest BCUT2D eigenvalue weighted by atomic mass is 32.2. The molecule has 1 rings (SSSR count). The molecular weight excluding hydrogens is 290 g/mol. The van der Waals surface area contributed by atoms with Gasteiger partial charge in [0.15, 0.2) is 0 Å². The minimum atomic E-state index is -3.50. The molecule has 0 aromatic heterocycles. The normalized spacial score (nSPS) is 13.2. The van der Waals surface area contributed by atoms with Crippen LogP contribution in [0.25, 0.3) is 0 Å². The molecule has 21 heavy (non-hydrogen) atoms. The molecule has 0 saturated carbocycles. The predicted molar refractivity (Wildman–Crippen MR) is 83.7 cm³/mol. The highest BCUT2D eigenvalue weighted by Gasteiger charge is 2.17. The Balaban J connectivity index is 2.76. The summed E-state index contributed by atoms with van der Waals surface area (Å²) in [5.41, 5.74) is 0.467. The number of nitrogens with zero attached hydrogens (tertiary/aromatic N) is 1. The number of hydrogen-bond donors (Lipinski definition) is 2. The van der Waals surface area contributed by atoms with Crippen molar-refractivity contribution in [2.24, 2.45) is 0 Å². The van der Waals surface area contributed by atoms with Crippen LogP contribution in [0, 0.1) is 0 Å². The van der Waals surface area contributed by atoms with E-state index in [0.29, 0.717) is 5.69 Å². The van der Waals surface area contributed by atoms with Crippen molar-refractivity contribution in [3.05, 3.63) is 24.3 Å². The van der Waals surface area contributed by atoms with Gasteiger partial charge in [-0.1, -0.05) is 13.0 Å². The van der Waals surface area contributed by atoms with Gasteiger partial charge in [0.2, 0.25) is 15.9 Å². The van der Waals surface area contributed by atoms with Crippen LogP contribution in [-0.4, -0.2) is 45.3 Å². The second-order valence-electron chi connectivity index (χ2n) is 5.05. The molecule has 0 aliphatic rings. The minimum absolute atomic E-state index is 0.153. The van der Waals surface area contributed by atoms with Crippen LogP contribution in [0.1, 0.15) is 20.3 Å². The number of sulfonamides is 1. The molecule has 0 spiro atoms. The number of hydrogen-bond acceptors (Lipinski definition) is 4. The number of carbonyl (C=O) groups excluding carboxylic acids is 1. The third-order valence-corrected chi connectivity index (χ3v) is 4.93. The van der Waals surface area contributed by atoms with Gasteiger partial charge in [0.25, 0.3) is 0 Å². The summed E-state index contributed by atoms with van der Waals surface area (Å²) in [5.74, 6) is -0.199. The lowest BCUT2D eigenvalue weighted by atomic mass is 10.2. The maximum Gasteiger partial charge on any atom is 0.242 e. The molecule has 0 fully saturated rings. The zero-order valence-corrected chi connectivity index (χ0v) is 13.7. The minimum Gasteiger partial charge on any atom is -0.325 e. The first-order valence-electron chi connectivity index (χ1n) is 6.83. The average molecular weight is 313 g/mol. The van der Waals surface area contributed by atoms with Crippen molar-refractivity contribution >= 4 is 21.6 Å². The van der Waals surface area contributed by atoms with Crippen LogP contribution in [0.2, 0.25) is 0 Å². The van der Waals surface area contributed by atoms with E-state index >= 15 is 0 Å². The van der Waals surface area contributed by atoms with Crippen LogP contribution >= 0.6 is 0 Å². The molecule has 7 heteroatoms. The van der Waals surface area contributed by atoms with Gasteiger partial charge in [-0.15, -0.1) is 0 Å². The molecule has 0 aliphatic carbocycles. The fourth-order valence-electron chi connectivity index (χ4n) is 1.56. The molecule has 1 aromatic carbocycles. The average Bonchev–Trinajstić information content (AvgIpc) is 2.44. The number of rotatable bonds is 7. The van der Waals surface area contributed by atoms with Crippen LogP contribution < -0.4 is 10.6 Å². The van der Waals surface area contributed by atoms with Crippen LogP contribution in [0.5, 0.6) is 0 Å². The zero-order valence-electron chi connectivity index (χ0n) is 12.9. The number of anilines is 1. The van der Waals surface area contributed by atoms with Crippen molar-refractivity contribution in [1.29, 1.82) is 0 Å². The molecule has 2 N–H and O–H groups in total. The SMILES string of the molecule is CCC(C)NCC(=O)Nc1cccc(S(=O)(=O)N(C)C)c1. The lowest BCUT2D eigenvalue weighted by Gasteiger charge is -2.13. The van der Waals surface area contributed by atoms with E-state index in [1.54, 1.807) is 12.1 Å². The maximum absolute atomic E-state index is 12.0. The molecule has 0 aliphatic heterocycles. The predicted octanol–water partition coefficient (Wildman–Crippen LogP) is 1.26. The van der Waals surface area contributed by atoms with Gasteiger partial charge in [0, 0.05) is 25.8 Å². The molecule has 6 nitrogen and oxygen atoms in total. The van der Waals surface area contributed by atoms with Gasteiger partial charge in [0.05, 0.1) is 11.4 Å². The lowest BCUT2D eigenvalue weighted by molar-refractivity contribution is -0.115. The maximum atomic E-state index is 12.0. The van der Waals surface area contributed by atoms with Crippen LogP contribution in [-0.2, 0) is 14.8 Å². The number of nitrogens with one attached hydrogen (secondary N) is 2. The topological polar surface area (TPSA) is 78.5 Å². The summed E-state index contributed by atoms with van der Waals surface area (Å²) in [4.78, 5) is 11.9. The quantitative estimate of drug-likeness (QED) is 0.794. The molecule has 0 radical (unpaired) electrons. The first-order valence-corrected chi connectivity index (χ1v) is 8.27. The monoisotopic (exact) mass is 313 g/mol. The van der Waals surface area contributed by atoms with Gasteiger partial charge >= 0.3 is 0 Å². The summed E-state index contributed by atoms with van der Waals surface area (Å²) in [7, 11) is -0.561. The Kier molecular flexibility index (Phi) is 6.32. The third kappa shape index (κ3) is 5.11. The Bertz CT molecular complexity index is 585. The Morgan fingerprint density at radius 3 is 2.57 bits per heavy atom. The van der Waals surface area contributed by atoms with Gasteiger partial charge in [-0.05, 0) is 31.5 Å². The van der Waals surface area contributed by atoms with Gasteiger partial charge < -0.3 is 10.6 Å². The van der Waals surface area contributed by atoms with Crippen LogP contribution in [0.3, 0.4) is 0 Å². The highest BCUT2D eigenvalue weighted by Crippen LogP contribution is 2.17. The van der Waals surface area contributed by atoms with Crippen molar-refractivity contribution < 1.29 is 13.2 Å². The molecule has 0 saturated heterocycles. The largest absolute Gasteiger partial charge is 0.325 e. The molecule has 1 aromatic rings. The van der Waals surface area contributed by atoms with Crippen molar-refractivity contribution in [3.63, 3.8) is 0 Å². The van der Waals surface area contributed by atoms with Crippen LogP contribution in [0.15, 0.2) is 29.2 Å². The summed E-state index contributed by atoms with van der Waals surface area (Å²) in [6.07, 6.45) is 0.934. The fourth-order valence-corrected chi connectivity index (χ4v) is 2.51. The zero-order chi connectivity index (χ0) is 16.0. The smallest absolute Gasteiger partial charge is 0.242 e. The third-order valence-electron chi connectivity index (χ3n) is 3.12. The van der Waals surface area contributed by atoms with Crippen molar-refractivity contribution in [2.75, 3.05) is 26.0 Å². The highest BCUT2D eigenvalue weighted by molar-refractivity contribution is 7.89. The van der Waals surface area contributed by atoms with E-state index in [0.717, 1.165) is 10.7 Å². The first kappa shape index (κ1) is 17.6. The van der Waals surface area contributed by atoms with E-state index in [1.165, 1.54) is 26.2 Å². The van der Waals surface area contributed by atoms with E-state index in [4.69, 9.17) is 0 Å². The van der Waals surface area contributed by atoms with Crippen molar-refractivity contribution in [2.45, 2.75) is 31.2 Å². The molecule has 1 atom stereocenters. The molecule has 0 heterocycles. The fraction of sp³-hybridized carbons (Fsp3) is 0.500.